The number of halogens is 1. The predicted octanol–water partition coefficient (Wildman–Crippen LogP) is 2.70. The van der Waals surface area contributed by atoms with E-state index in [1.54, 1.807) is 0 Å². The first kappa shape index (κ1) is 8.63. The SMILES string of the molecule is CC1=NCC(c2cccc(Br)n2)=C1. The summed E-state index contributed by atoms with van der Waals surface area (Å²) in [6.07, 6.45) is 2.08. The Labute approximate surface area is 85.5 Å². The number of pyridine rings is 1. The Morgan fingerprint density at radius 3 is 2.85 bits per heavy atom. The average molecular weight is 237 g/mol. The highest BCUT2D eigenvalue weighted by molar-refractivity contribution is 9.10. The van der Waals surface area contributed by atoms with Gasteiger partial charge < -0.3 is 0 Å². The van der Waals surface area contributed by atoms with E-state index in [0.717, 1.165) is 22.6 Å². The molecule has 66 valence electrons. The number of rotatable bonds is 1. The molecule has 0 N–H and O–H groups in total. The summed E-state index contributed by atoms with van der Waals surface area (Å²) in [5.41, 5.74) is 3.28. The van der Waals surface area contributed by atoms with Crippen molar-refractivity contribution in [3.05, 3.63) is 34.6 Å². The fraction of sp³-hybridized carbons (Fsp3) is 0.200. The summed E-state index contributed by atoms with van der Waals surface area (Å²) in [6, 6.07) is 5.92. The molecule has 0 spiro atoms. The van der Waals surface area contributed by atoms with E-state index in [-0.39, 0.29) is 0 Å². The molecule has 13 heavy (non-hydrogen) atoms. The zero-order valence-corrected chi connectivity index (χ0v) is 8.87. The maximum Gasteiger partial charge on any atom is 0.106 e. The Hall–Kier alpha value is -0.960. The van der Waals surface area contributed by atoms with Crippen molar-refractivity contribution in [2.45, 2.75) is 6.92 Å². The topological polar surface area (TPSA) is 25.2 Å². The normalized spacial score (nSPS) is 15.5. The number of aliphatic imine (C=N–C) groups is 1. The highest BCUT2D eigenvalue weighted by atomic mass is 79.9. The molecule has 0 fully saturated rings. The van der Waals surface area contributed by atoms with Gasteiger partial charge in [0, 0.05) is 11.3 Å². The van der Waals surface area contributed by atoms with Crippen molar-refractivity contribution in [1.29, 1.82) is 0 Å². The number of allylic oxidation sites excluding steroid dienone is 1. The molecule has 0 aliphatic carbocycles. The number of nitrogens with zero attached hydrogens (tertiary/aromatic N) is 2. The van der Waals surface area contributed by atoms with Crippen LogP contribution in [0.3, 0.4) is 0 Å². The van der Waals surface area contributed by atoms with E-state index in [1.807, 2.05) is 25.1 Å². The minimum atomic E-state index is 0.759. The van der Waals surface area contributed by atoms with Crippen LogP contribution < -0.4 is 0 Å². The van der Waals surface area contributed by atoms with Crippen LogP contribution in [0.25, 0.3) is 5.57 Å². The van der Waals surface area contributed by atoms with Crippen molar-refractivity contribution in [1.82, 2.24) is 4.98 Å². The number of hydrogen-bond donors (Lipinski definition) is 0. The first-order chi connectivity index (χ1) is 6.25. The van der Waals surface area contributed by atoms with Crippen molar-refractivity contribution in [3.63, 3.8) is 0 Å². The molecule has 1 aromatic rings. The lowest BCUT2D eigenvalue weighted by Crippen LogP contribution is -1.89. The van der Waals surface area contributed by atoms with Crippen molar-refractivity contribution >= 4 is 27.2 Å². The summed E-state index contributed by atoms with van der Waals surface area (Å²) >= 11 is 3.35. The lowest BCUT2D eigenvalue weighted by atomic mass is 10.1. The van der Waals surface area contributed by atoms with Gasteiger partial charge in [0.2, 0.25) is 0 Å². The fourth-order valence-corrected chi connectivity index (χ4v) is 1.64. The maximum atomic E-state index is 4.36. The first-order valence-corrected chi connectivity index (χ1v) is 4.89. The molecular formula is C10H9BrN2. The predicted molar refractivity (Wildman–Crippen MR) is 57.9 cm³/mol. The molecule has 0 unspecified atom stereocenters. The third-order valence-electron chi connectivity index (χ3n) is 1.93. The largest absolute Gasteiger partial charge is 0.285 e. The molecule has 1 aromatic heterocycles. The standard InChI is InChI=1S/C10H9BrN2/c1-7-5-8(6-12-7)9-3-2-4-10(11)13-9/h2-5H,6H2,1H3. The Bertz CT molecular complexity index is 394. The van der Waals surface area contributed by atoms with E-state index >= 15 is 0 Å². The molecular weight excluding hydrogens is 228 g/mol. The van der Waals surface area contributed by atoms with Crippen molar-refractivity contribution in [3.8, 4) is 0 Å². The Morgan fingerprint density at radius 2 is 2.23 bits per heavy atom. The highest BCUT2D eigenvalue weighted by Crippen LogP contribution is 2.18. The molecule has 0 radical (unpaired) electrons. The van der Waals surface area contributed by atoms with Crippen molar-refractivity contribution in [2.75, 3.05) is 6.54 Å². The summed E-state index contributed by atoms with van der Waals surface area (Å²) in [5.74, 6) is 0. The van der Waals surface area contributed by atoms with Gasteiger partial charge in [0.1, 0.15) is 4.60 Å². The van der Waals surface area contributed by atoms with Gasteiger partial charge >= 0.3 is 0 Å². The highest BCUT2D eigenvalue weighted by Gasteiger charge is 2.08. The van der Waals surface area contributed by atoms with Crippen molar-refractivity contribution < 1.29 is 0 Å². The van der Waals surface area contributed by atoms with Crippen LogP contribution in [0.4, 0.5) is 0 Å². The molecule has 2 nitrogen and oxygen atoms in total. The third kappa shape index (κ3) is 1.86. The molecule has 1 aliphatic rings. The van der Waals surface area contributed by atoms with E-state index in [9.17, 15) is 0 Å². The van der Waals surface area contributed by atoms with E-state index in [0.29, 0.717) is 0 Å². The second-order valence-electron chi connectivity index (χ2n) is 2.97. The van der Waals surface area contributed by atoms with Gasteiger partial charge in [0.05, 0.1) is 12.2 Å². The Balaban J connectivity index is 2.33. The molecule has 1 aliphatic heterocycles. The van der Waals surface area contributed by atoms with Crippen LogP contribution in [0.1, 0.15) is 12.6 Å². The number of aromatic nitrogens is 1. The van der Waals surface area contributed by atoms with Crippen LogP contribution in [0.15, 0.2) is 33.9 Å². The zero-order valence-electron chi connectivity index (χ0n) is 7.29. The number of hydrogen-bond acceptors (Lipinski definition) is 2. The third-order valence-corrected chi connectivity index (χ3v) is 2.37. The Kier molecular flexibility index (Phi) is 2.27. The zero-order chi connectivity index (χ0) is 9.26. The van der Waals surface area contributed by atoms with Gasteiger partial charge in [-0.1, -0.05) is 6.07 Å². The van der Waals surface area contributed by atoms with Gasteiger partial charge in [-0.15, -0.1) is 0 Å². The van der Waals surface area contributed by atoms with E-state index in [4.69, 9.17) is 0 Å². The minimum absolute atomic E-state index is 0.759. The monoisotopic (exact) mass is 236 g/mol. The summed E-state index contributed by atoms with van der Waals surface area (Å²) in [4.78, 5) is 8.66. The van der Waals surface area contributed by atoms with Gasteiger partial charge in [-0.05, 0) is 41.1 Å². The summed E-state index contributed by atoms with van der Waals surface area (Å²) in [6.45, 7) is 2.76. The molecule has 0 amide bonds. The molecule has 2 rings (SSSR count). The molecule has 0 atom stereocenters. The summed E-state index contributed by atoms with van der Waals surface area (Å²) in [7, 11) is 0. The summed E-state index contributed by atoms with van der Waals surface area (Å²) < 4.78 is 0.871. The average Bonchev–Trinajstić information content (AvgIpc) is 2.52. The van der Waals surface area contributed by atoms with Crippen LogP contribution in [-0.4, -0.2) is 17.2 Å². The van der Waals surface area contributed by atoms with E-state index < -0.39 is 0 Å². The lowest BCUT2D eigenvalue weighted by molar-refractivity contribution is 1.19. The molecule has 0 saturated carbocycles. The van der Waals surface area contributed by atoms with Crippen molar-refractivity contribution in [2.24, 2.45) is 4.99 Å². The van der Waals surface area contributed by atoms with Gasteiger partial charge in [-0.25, -0.2) is 4.98 Å². The van der Waals surface area contributed by atoms with Gasteiger partial charge in [0.25, 0.3) is 0 Å². The molecule has 0 saturated heterocycles. The molecule has 3 heteroatoms. The van der Waals surface area contributed by atoms with Crippen LogP contribution in [0, 0.1) is 0 Å². The van der Waals surface area contributed by atoms with Crippen LogP contribution in [-0.2, 0) is 0 Å². The maximum absolute atomic E-state index is 4.36. The second kappa shape index (κ2) is 3.42. The van der Waals surface area contributed by atoms with Crippen LogP contribution >= 0.6 is 15.9 Å². The minimum Gasteiger partial charge on any atom is -0.285 e. The van der Waals surface area contributed by atoms with Gasteiger partial charge in [-0.3, -0.25) is 4.99 Å². The fourth-order valence-electron chi connectivity index (χ4n) is 1.30. The molecule has 0 aromatic carbocycles. The van der Waals surface area contributed by atoms with E-state index in [1.165, 1.54) is 5.57 Å². The Morgan fingerprint density at radius 1 is 1.38 bits per heavy atom. The van der Waals surface area contributed by atoms with Crippen LogP contribution in [0.2, 0.25) is 0 Å². The van der Waals surface area contributed by atoms with E-state index in [2.05, 4.69) is 32.0 Å². The second-order valence-corrected chi connectivity index (χ2v) is 3.79. The smallest absolute Gasteiger partial charge is 0.106 e. The van der Waals surface area contributed by atoms with Crippen LogP contribution in [0.5, 0.6) is 0 Å². The lowest BCUT2D eigenvalue weighted by Gasteiger charge is -1.99. The molecule has 2 heterocycles. The quantitative estimate of drug-likeness (QED) is 0.689. The van der Waals surface area contributed by atoms with Gasteiger partial charge in [0.15, 0.2) is 0 Å². The van der Waals surface area contributed by atoms with Gasteiger partial charge in [-0.2, -0.15) is 0 Å². The first-order valence-electron chi connectivity index (χ1n) is 4.10. The molecule has 0 bridgehead atoms. The summed E-state index contributed by atoms with van der Waals surface area (Å²) in [5, 5.41) is 0.